The van der Waals surface area contributed by atoms with Crippen LogP contribution in [0.5, 0.6) is 0 Å². The van der Waals surface area contributed by atoms with Gasteiger partial charge in [-0.25, -0.2) is 0 Å². The van der Waals surface area contributed by atoms with E-state index in [1.165, 1.54) is 0 Å². The molecule has 31 heavy (non-hydrogen) atoms. The van der Waals surface area contributed by atoms with Gasteiger partial charge in [0.2, 0.25) is 5.91 Å². The third kappa shape index (κ3) is 5.26. The van der Waals surface area contributed by atoms with Gasteiger partial charge in [-0.15, -0.1) is 21.5 Å². The molecule has 2 fully saturated rings. The normalized spacial score (nSPS) is 20.0. The van der Waals surface area contributed by atoms with Crippen molar-refractivity contribution in [1.82, 2.24) is 15.1 Å². The number of amides is 1. The minimum atomic E-state index is -0.185. The zero-order valence-corrected chi connectivity index (χ0v) is 20.0. The maximum absolute atomic E-state index is 13.1. The molecule has 2 saturated heterocycles. The van der Waals surface area contributed by atoms with Gasteiger partial charge in [-0.2, -0.15) is 0 Å². The fraction of sp³-hybridized carbons (Fsp3) is 0.545. The summed E-state index contributed by atoms with van der Waals surface area (Å²) in [4.78, 5) is 30.3. The number of thiophene rings is 1. The molecule has 7 nitrogen and oxygen atoms in total. The van der Waals surface area contributed by atoms with Gasteiger partial charge in [0.1, 0.15) is 5.69 Å². The number of rotatable bonds is 5. The molecule has 0 radical (unpaired) electrons. The lowest BCUT2D eigenvalue weighted by atomic mass is 9.92. The average Bonchev–Trinajstić information content (AvgIpc) is 3.25. The average molecular weight is 507 g/mol. The van der Waals surface area contributed by atoms with Crippen molar-refractivity contribution in [1.29, 1.82) is 0 Å². The predicted octanol–water partition coefficient (Wildman–Crippen LogP) is 3.99. The number of nitrogens with zero attached hydrogens (tertiary/aromatic N) is 4. The SMILES string of the molecule is CCOC(=O)[C@@H]1CCCN(C(=O)C2CCN(c3ccc(-c4ccc(Br)s4)nn3)CC2)C1. The minimum Gasteiger partial charge on any atom is -0.466 e. The Hall–Kier alpha value is -2.00. The molecule has 0 aliphatic carbocycles. The van der Waals surface area contributed by atoms with Crippen LogP contribution in [0.15, 0.2) is 28.1 Å². The number of anilines is 1. The summed E-state index contributed by atoms with van der Waals surface area (Å²) in [5, 5.41) is 8.80. The molecule has 0 N–H and O–H groups in total. The molecule has 0 spiro atoms. The van der Waals surface area contributed by atoms with Crippen LogP contribution in [0.3, 0.4) is 0 Å². The highest BCUT2D eigenvalue weighted by Gasteiger charge is 2.34. The van der Waals surface area contributed by atoms with Crippen LogP contribution in [0.1, 0.15) is 32.6 Å². The quantitative estimate of drug-likeness (QED) is 0.570. The third-order valence-corrected chi connectivity index (χ3v) is 7.64. The van der Waals surface area contributed by atoms with Gasteiger partial charge in [-0.1, -0.05) is 0 Å². The Kier molecular flexibility index (Phi) is 7.22. The number of hydrogen-bond acceptors (Lipinski definition) is 7. The Morgan fingerprint density at radius 3 is 2.55 bits per heavy atom. The molecule has 2 aliphatic heterocycles. The first kappa shape index (κ1) is 22.2. The van der Waals surface area contributed by atoms with Crippen molar-refractivity contribution in [2.24, 2.45) is 11.8 Å². The number of carbonyl (C=O) groups excluding carboxylic acids is 2. The summed E-state index contributed by atoms with van der Waals surface area (Å²) in [6, 6.07) is 8.05. The van der Waals surface area contributed by atoms with Crippen molar-refractivity contribution in [2.45, 2.75) is 32.6 Å². The van der Waals surface area contributed by atoms with Gasteiger partial charge < -0.3 is 14.5 Å². The second-order valence-corrected chi connectivity index (χ2v) is 10.5. The van der Waals surface area contributed by atoms with Gasteiger partial charge in [-0.05, 0) is 72.8 Å². The first-order valence-electron chi connectivity index (χ1n) is 10.8. The van der Waals surface area contributed by atoms with Gasteiger partial charge in [0.25, 0.3) is 0 Å². The summed E-state index contributed by atoms with van der Waals surface area (Å²) in [6.07, 6.45) is 3.25. The minimum absolute atomic E-state index is 0.00731. The zero-order chi connectivity index (χ0) is 21.8. The molecule has 1 amide bonds. The lowest BCUT2D eigenvalue weighted by molar-refractivity contribution is -0.152. The second kappa shape index (κ2) is 10.1. The van der Waals surface area contributed by atoms with Gasteiger partial charge in [0.15, 0.2) is 5.82 Å². The van der Waals surface area contributed by atoms with Crippen molar-refractivity contribution in [3.8, 4) is 10.6 Å². The number of likely N-dealkylation sites (tertiary alicyclic amines) is 1. The predicted molar refractivity (Wildman–Crippen MR) is 124 cm³/mol. The third-order valence-electron chi connectivity index (χ3n) is 6.00. The highest BCUT2D eigenvalue weighted by molar-refractivity contribution is 9.11. The number of carbonyl (C=O) groups is 2. The molecule has 2 aromatic rings. The molecule has 2 aliphatic rings. The number of hydrogen-bond donors (Lipinski definition) is 0. The largest absolute Gasteiger partial charge is 0.466 e. The van der Waals surface area contributed by atoms with Crippen molar-refractivity contribution in [2.75, 3.05) is 37.7 Å². The van der Waals surface area contributed by atoms with Crippen LogP contribution in [0.25, 0.3) is 10.6 Å². The number of esters is 1. The van der Waals surface area contributed by atoms with E-state index in [0.717, 1.165) is 65.5 Å². The summed E-state index contributed by atoms with van der Waals surface area (Å²) >= 11 is 5.11. The molecule has 1 atom stereocenters. The summed E-state index contributed by atoms with van der Waals surface area (Å²) in [6.45, 7) is 4.99. The molecule has 0 aromatic carbocycles. The van der Waals surface area contributed by atoms with Crippen molar-refractivity contribution in [3.63, 3.8) is 0 Å². The highest BCUT2D eigenvalue weighted by atomic mass is 79.9. The molecule has 0 saturated carbocycles. The van der Waals surface area contributed by atoms with Crippen LogP contribution in [0.4, 0.5) is 5.82 Å². The number of ether oxygens (including phenoxy) is 1. The zero-order valence-electron chi connectivity index (χ0n) is 17.6. The molecule has 166 valence electrons. The van der Waals surface area contributed by atoms with Crippen LogP contribution in [0.2, 0.25) is 0 Å². The van der Waals surface area contributed by atoms with Crippen LogP contribution in [-0.4, -0.2) is 59.8 Å². The summed E-state index contributed by atoms with van der Waals surface area (Å²) in [7, 11) is 0. The molecule has 9 heteroatoms. The molecule has 0 bridgehead atoms. The van der Waals surface area contributed by atoms with E-state index in [4.69, 9.17) is 4.74 Å². The molecule has 4 rings (SSSR count). The van der Waals surface area contributed by atoms with Gasteiger partial charge in [0.05, 0.1) is 21.2 Å². The van der Waals surface area contributed by atoms with Gasteiger partial charge in [0, 0.05) is 32.1 Å². The molecule has 2 aromatic heterocycles. The second-order valence-electron chi connectivity index (χ2n) is 8.02. The number of aromatic nitrogens is 2. The number of halogens is 1. The first-order chi connectivity index (χ1) is 15.0. The Morgan fingerprint density at radius 1 is 1.10 bits per heavy atom. The first-order valence-corrected chi connectivity index (χ1v) is 12.5. The van der Waals surface area contributed by atoms with E-state index in [9.17, 15) is 9.59 Å². The fourth-order valence-corrected chi connectivity index (χ4v) is 5.67. The van der Waals surface area contributed by atoms with E-state index >= 15 is 0 Å². The Morgan fingerprint density at radius 2 is 1.90 bits per heavy atom. The summed E-state index contributed by atoms with van der Waals surface area (Å²) in [5.74, 6) is 0.680. The van der Waals surface area contributed by atoms with Crippen molar-refractivity contribution < 1.29 is 14.3 Å². The van der Waals surface area contributed by atoms with Crippen molar-refractivity contribution in [3.05, 3.63) is 28.1 Å². The molecular formula is C22H27BrN4O3S. The lowest BCUT2D eigenvalue weighted by Crippen LogP contribution is -2.47. The van der Waals surface area contributed by atoms with E-state index in [1.54, 1.807) is 11.3 Å². The van der Waals surface area contributed by atoms with Crippen LogP contribution in [-0.2, 0) is 14.3 Å². The van der Waals surface area contributed by atoms with Gasteiger partial charge >= 0.3 is 5.97 Å². The van der Waals surface area contributed by atoms with Gasteiger partial charge in [-0.3, -0.25) is 9.59 Å². The monoisotopic (exact) mass is 506 g/mol. The highest BCUT2D eigenvalue weighted by Crippen LogP contribution is 2.31. The summed E-state index contributed by atoms with van der Waals surface area (Å²) < 4.78 is 6.23. The van der Waals surface area contributed by atoms with E-state index < -0.39 is 0 Å². The van der Waals surface area contributed by atoms with E-state index in [2.05, 4.69) is 31.0 Å². The molecule has 4 heterocycles. The van der Waals surface area contributed by atoms with E-state index in [1.807, 2.05) is 36.1 Å². The van der Waals surface area contributed by atoms with E-state index in [-0.39, 0.29) is 23.7 Å². The Balaban J connectivity index is 1.31. The standard InChI is InChI=1S/C22H27BrN4O3S/c1-2-30-22(29)16-4-3-11-27(14-16)21(28)15-9-12-26(13-10-15)20-8-5-17(24-25-20)18-6-7-19(23)31-18/h5-8,15-16H,2-4,9-14H2,1H3/t16-/m1/s1. The lowest BCUT2D eigenvalue weighted by Gasteiger charge is -2.37. The topological polar surface area (TPSA) is 75.6 Å². The smallest absolute Gasteiger partial charge is 0.310 e. The maximum atomic E-state index is 13.1. The maximum Gasteiger partial charge on any atom is 0.310 e. The molecule has 0 unspecified atom stereocenters. The van der Waals surface area contributed by atoms with Crippen LogP contribution in [0, 0.1) is 11.8 Å². The van der Waals surface area contributed by atoms with Crippen LogP contribution < -0.4 is 4.90 Å². The number of piperidine rings is 2. The Bertz CT molecular complexity index is 912. The van der Waals surface area contributed by atoms with Crippen LogP contribution >= 0.6 is 27.3 Å². The van der Waals surface area contributed by atoms with E-state index in [0.29, 0.717) is 13.2 Å². The van der Waals surface area contributed by atoms with Crippen molar-refractivity contribution >= 4 is 45.0 Å². The summed E-state index contributed by atoms with van der Waals surface area (Å²) in [5.41, 5.74) is 0.866. The Labute approximate surface area is 194 Å². The molecular weight excluding hydrogens is 480 g/mol. The fourth-order valence-electron chi connectivity index (χ4n) is 4.32.